The normalized spacial score (nSPS) is 17.1. The van der Waals surface area contributed by atoms with Crippen molar-refractivity contribution in [3.05, 3.63) is 35.9 Å². The van der Waals surface area contributed by atoms with E-state index in [0.29, 0.717) is 6.42 Å². The van der Waals surface area contributed by atoms with Crippen LogP contribution in [0.4, 0.5) is 0 Å². The molecule has 0 aromatic heterocycles. The van der Waals surface area contributed by atoms with E-state index in [2.05, 4.69) is 0 Å². The van der Waals surface area contributed by atoms with Crippen LogP contribution in [0, 0.1) is 0 Å². The van der Waals surface area contributed by atoms with Gasteiger partial charge in [-0.05, 0) is 18.9 Å². The molecular formula is C15H20N2O3. The summed E-state index contributed by atoms with van der Waals surface area (Å²) < 4.78 is 5.57. The van der Waals surface area contributed by atoms with Crippen molar-refractivity contribution in [3.8, 4) is 0 Å². The molecule has 0 aliphatic carbocycles. The maximum absolute atomic E-state index is 12.3. The number of carbonyl (C=O) groups excluding carboxylic acids is 2. The van der Waals surface area contributed by atoms with Crippen LogP contribution in [0.3, 0.4) is 0 Å². The molecule has 2 N–H and O–H groups in total. The summed E-state index contributed by atoms with van der Waals surface area (Å²) in [6, 6.07) is 9.63. The molecule has 0 spiro atoms. The lowest BCUT2D eigenvalue weighted by molar-refractivity contribution is -0.153. The molecule has 2 rings (SSSR count). The Labute approximate surface area is 118 Å². The van der Waals surface area contributed by atoms with Gasteiger partial charge in [-0.1, -0.05) is 30.3 Å². The first-order valence-corrected chi connectivity index (χ1v) is 6.85. The first-order chi connectivity index (χ1) is 9.58. The molecule has 1 saturated heterocycles. The SMILES string of the molecule is C[C@H](O[C@@H](Cc1ccccc1)C(=O)N1CCC1)C(N)=O. The summed E-state index contributed by atoms with van der Waals surface area (Å²) in [7, 11) is 0. The third-order valence-electron chi connectivity index (χ3n) is 3.48. The predicted molar refractivity (Wildman–Crippen MR) is 74.9 cm³/mol. The lowest BCUT2D eigenvalue weighted by atomic mass is 10.1. The number of nitrogens with two attached hydrogens (primary N) is 1. The molecule has 1 aliphatic rings. The molecule has 1 aromatic carbocycles. The summed E-state index contributed by atoms with van der Waals surface area (Å²) >= 11 is 0. The van der Waals surface area contributed by atoms with Crippen molar-refractivity contribution >= 4 is 11.8 Å². The second kappa shape index (κ2) is 6.52. The van der Waals surface area contributed by atoms with Gasteiger partial charge >= 0.3 is 0 Å². The Hall–Kier alpha value is -1.88. The van der Waals surface area contributed by atoms with Gasteiger partial charge in [0.25, 0.3) is 5.91 Å². The molecule has 2 amide bonds. The van der Waals surface area contributed by atoms with Crippen LogP contribution in [-0.4, -0.2) is 42.0 Å². The molecule has 2 atom stereocenters. The Bertz CT molecular complexity index is 471. The maximum Gasteiger partial charge on any atom is 0.252 e. The number of hydrogen-bond donors (Lipinski definition) is 1. The minimum absolute atomic E-state index is 0.0618. The Morgan fingerprint density at radius 2 is 1.95 bits per heavy atom. The monoisotopic (exact) mass is 276 g/mol. The summed E-state index contributed by atoms with van der Waals surface area (Å²) in [5.74, 6) is -0.618. The highest BCUT2D eigenvalue weighted by Gasteiger charge is 2.31. The fraction of sp³-hybridized carbons (Fsp3) is 0.467. The highest BCUT2D eigenvalue weighted by molar-refractivity contribution is 5.83. The molecule has 1 heterocycles. The minimum Gasteiger partial charge on any atom is -0.367 e. The number of nitrogens with zero attached hydrogens (tertiary/aromatic N) is 1. The molecule has 0 radical (unpaired) electrons. The second-order valence-corrected chi connectivity index (χ2v) is 5.04. The molecule has 108 valence electrons. The molecule has 20 heavy (non-hydrogen) atoms. The molecule has 1 aliphatic heterocycles. The maximum atomic E-state index is 12.3. The molecule has 0 unspecified atom stereocenters. The zero-order chi connectivity index (χ0) is 14.5. The Morgan fingerprint density at radius 1 is 1.30 bits per heavy atom. The van der Waals surface area contributed by atoms with Crippen LogP contribution in [0.2, 0.25) is 0 Å². The number of carbonyl (C=O) groups is 2. The molecule has 1 fully saturated rings. The quantitative estimate of drug-likeness (QED) is 0.832. The van der Waals surface area contributed by atoms with Crippen LogP contribution in [0.1, 0.15) is 18.9 Å². The standard InChI is InChI=1S/C15H20N2O3/c1-11(14(16)18)20-13(15(19)17-8-5-9-17)10-12-6-3-2-4-7-12/h2-4,6-7,11,13H,5,8-10H2,1H3,(H2,16,18)/t11-,13-/m0/s1. The fourth-order valence-electron chi connectivity index (χ4n) is 2.08. The largest absolute Gasteiger partial charge is 0.367 e. The average molecular weight is 276 g/mol. The van der Waals surface area contributed by atoms with Crippen LogP contribution in [0.25, 0.3) is 0 Å². The van der Waals surface area contributed by atoms with E-state index in [9.17, 15) is 9.59 Å². The first-order valence-electron chi connectivity index (χ1n) is 6.85. The van der Waals surface area contributed by atoms with E-state index in [-0.39, 0.29) is 5.91 Å². The Morgan fingerprint density at radius 3 is 2.45 bits per heavy atom. The van der Waals surface area contributed by atoms with E-state index in [1.165, 1.54) is 0 Å². The van der Waals surface area contributed by atoms with Gasteiger partial charge in [0.2, 0.25) is 5.91 Å². The summed E-state index contributed by atoms with van der Waals surface area (Å²) in [5.41, 5.74) is 6.21. The van der Waals surface area contributed by atoms with Crippen LogP contribution >= 0.6 is 0 Å². The number of ether oxygens (including phenoxy) is 1. The minimum atomic E-state index is -0.770. The molecule has 5 heteroatoms. The van der Waals surface area contributed by atoms with Gasteiger partial charge in [-0.3, -0.25) is 9.59 Å². The third kappa shape index (κ3) is 3.57. The van der Waals surface area contributed by atoms with Crippen molar-refractivity contribution in [2.45, 2.75) is 32.0 Å². The van der Waals surface area contributed by atoms with Gasteiger partial charge in [0.05, 0.1) is 0 Å². The number of amides is 2. The molecule has 0 bridgehead atoms. The number of benzene rings is 1. The van der Waals surface area contributed by atoms with E-state index in [4.69, 9.17) is 10.5 Å². The van der Waals surface area contributed by atoms with Gasteiger partial charge < -0.3 is 15.4 Å². The number of primary amides is 1. The van der Waals surface area contributed by atoms with E-state index in [0.717, 1.165) is 25.1 Å². The van der Waals surface area contributed by atoms with Gasteiger partial charge in [0.15, 0.2) is 0 Å². The van der Waals surface area contributed by atoms with Crippen molar-refractivity contribution in [1.29, 1.82) is 0 Å². The van der Waals surface area contributed by atoms with Gasteiger partial charge in [-0.15, -0.1) is 0 Å². The van der Waals surface area contributed by atoms with Gasteiger partial charge in [0.1, 0.15) is 12.2 Å². The summed E-state index contributed by atoms with van der Waals surface area (Å²) in [6.45, 7) is 3.10. The van der Waals surface area contributed by atoms with E-state index in [1.54, 1.807) is 11.8 Å². The second-order valence-electron chi connectivity index (χ2n) is 5.04. The zero-order valence-corrected chi connectivity index (χ0v) is 11.6. The molecule has 1 aromatic rings. The molecule has 5 nitrogen and oxygen atoms in total. The van der Waals surface area contributed by atoms with Crippen molar-refractivity contribution in [3.63, 3.8) is 0 Å². The van der Waals surface area contributed by atoms with Gasteiger partial charge in [0, 0.05) is 19.5 Å². The summed E-state index contributed by atoms with van der Waals surface area (Å²) in [4.78, 5) is 25.2. The highest BCUT2D eigenvalue weighted by Crippen LogP contribution is 2.15. The number of likely N-dealkylation sites (tertiary alicyclic amines) is 1. The van der Waals surface area contributed by atoms with Gasteiger partial charge in [-0.25, -0.2) is 0 Å². The van der Waals surface area contributed by atoms with Crippen molar-refractivity contribution in [2.24, 2.45) is 5.73 Å². The van der Waals surface area contributed by atoms with Crippen LogP contribution in [0.5, 0.6) is 0 Å². The lowest BCUT2D eigenvalue weighted by Crippen LogP contribution is -2.50. The predicted octanol–water partition coefficient (Wildman–Crippen LogP) is 0.720. The number of rotatable bonds is 6. The van der Waals surface area contributed by atoms with Crippen molar-refractivity contribution in [2.75, 3.05) is 13.1 Å². The third-order valence-corrected chi connectivity index (χ3v) is 3.48. The van der Waals surface area contributed by atoms with Crippen LogP contribution in [0.15, 0.2) is 30.3 Å². The van der Waals surface area contributed by atoms with Gasteiger partial charge in [-0.2, -0.15) is 0 Å². The first kappa shape index (κ1) is 14.5. The Kier molecular flexibility index (Phi) is 4.74. The lowest BCUT2D eigenvalue weighted by Gasteiger charge is -2.34. The fourth-order valence-corrected chi connectivity index (χ4v) is 2.08. The topological polar surface area (TPSA) is 72.6 Å². The average Bonchev–Trinajstić information content (AvgIpc) is 2.36. The summed E-state index contributed by atoms with van der Waals surface area (Å²) in [6.07, 6.45) is 0.0531. The Balaban J connectivity index is 2.06. The molecule has 0 saturated carbocycles. The highest BCUT2D eigenvalue weighted by atomic mass is 16.5. The molecular weight excluding hydrogens is 256 g/mol. The zero-order valence-electron chi connectivity index (χ0n) is 11.6. The number of hydrogen-bond acceptors (Lipinski definition) is 3. The van der Waals surface area contributed by atoms with Crippen molar-refractivity contribution in [1.82, 2.24) is 4.90 Å². The smallest absolute Gasteiger partial charge is 0.252 e. The van der Waals surface area contributed by atoms with E-state index < -0.39 is 18.1 Å². The van der Waals surface area contributed by atoms with E-state index >= 15 is 0 Å². The van der Waals surface area contributed by atoms with Crippen molar-refractivity contribution < 1.29 is 14.3 Å². The van der Waals surface area contributed by atoms with E-state index in [1.807, 2.05) is 30.3 Å². The van der Waals surface area contributed by atoms with Crippen LogP contribution in [-0.2, 0) is 20.7 Å². The van der Waals surface area contributed by atoms with Crippen LogP contribution < -0.4 is 5.73 Å². The summed E-state index contributed by atoms with van der Waals surface area (Å²) in [5, 5.41) is 0.